The molecule has 0 spiro atoms. The predicted molar refractivity (Wildman–Crippen MR) is 84.4 cm³/mol. The molecule has 0 aliphatic rings. The highest BCUT2D eigenvalue weighted by Crippen LogP contribution is 2.24. The number of hydrogen-bond donors (Lipinski definition) is 2. The molecule has 20 heavy (non-hydrogen) atoms. The highest BCUT2D eigenvalue weighted by Gasteiger charge is 2.13. The van der Waals surface area contributed by atoms with Crippen LogP contribution in [-0.2, 0) is 0 Å². The average molecular weight is 305 g/mol. The summed E-state index contributed by atoms with van der Waals surface area (Å²) in [7, 11) is 0. The van der Waals surface area contributed by atoms with E-state index >= 15 is 0 Å². The van der Waals surface area contributed by atoms with E-state index in [1.165, 1.54) is 11.3 Å². The molecule has 2 rings (SSSR count). The van der Waals surface area contributed by atoms with Gasteiger partial charge in [-0.1, -0.05) is 29.5 Å². The van der Waals surface area contributed by atoms with Gasteiger partial charge in [0.25, 0.3) is 5.91 Å². The van der Waals surface area contributed by atoms with Crippen LogP contribution in [0.3, 0.4) is 0 Å². The summed E-state index contributed by atoms with van der Waals surface area (Å²) in [6.45, 7) is 2.13. The van der Waals surface area contributed by atoms with Crippen LogP contribution in [0.4, 0.5) is 5.69 Å². The Bertz CT molecular complexity index is 697. The van der Waals surface area contributed by atoms with E-state index in [2.05, 4.69) is 17.2 Å². The summed E-state index contributed by atoms with van der Waals surface area (Å²) in [6, 6.07) is 7.22. The van der Waals surface area contributed by atoms with E-state index in [-0.39, 0.29) is 12.5 Å². The molecule has 1 heterocycles. The molecule has 0 fully saturated rings. The van der Waals surface area contributed by atoms with Gasteiger partial charge in [-0.3, -0.25) is 4.79 Å². The molecule has 1 amide bonds. The van der Waals surface area contributed by atoms with Crippen LogP contribution in [0.2, 0.25) is 5.02 Å². The van der Waals surface area contributed by atoms with Crippen LogP contribution >= 0.6 is 22.9 Å². The monoisotopic (exact) mass is 304 g/mol. The van der Waals surface area contributed by atoms with Crippen LogP contribution in [-0.4, -0.2) is 12.5 Å². The second-order valence-electron chi connectivity index (χ2n) is 4.04. The number of nitrogens with two attached hydrogens (primary N) is 1. The van der Waals surface area contributed by atoms with Crippen molar-refractivity contribution in [3.05, 3.63) is 50.7 Å². The molecule has 0 bridgehead atoms. The van der Waals surface area contributed by atoms with Gasteiger partial charge in [0.2, 0.25) is 0 Å². The molecule has 0 atom stereocenters. The minimum absolute atomic E-state index is 0.188. The van der Waals surface area contributed by atoms with Crippen molar-refractivity contribution in [3.63, 3.8) is 0 Å². The first-order valence-electron chi connectivity index (χ1n) is 5.96. The molecule has 0 aliphatic heterocycles. The Hall–Kier alpha value is -1.80. The molecule has 0 saturated carbocycles. The van der Waals surface area contributed by atoms with E-state index in [4.69, 9.17) is 17.3 Å². The van der Waals surface area contributed by atoms with E-state index in [9.17, 15) is 4.79 Å². The summed E-state index contributed by atoms with van der Waals surface area (Å²) in [4.78, 5) is 12.9. The number of anilines is 1. The molecule has 0 radical (unpaired) electrons. The zero-order chi connectivity index (χ0) is 14.5. The van der Waals surface area contributed by atoms with Crippen molar-refractivity contribution in [2.24, 2.45) is 5.73 Å². The first kappa shape index (κ1) is 14.6. The highest BCUT2D eigenvalue weighted by atomic mass is 35.5. The smallest absolute Gasteiger partial charge is 0.267 e. The van der Waals surface area contributed by atoms with Crippen LogP contribution < -0.4 is 11.1 Å². The summed E-state index contributed by atoms with van der Waals surface area (Å²) in [6.07, 6.45) is 0. The van der Waals surface area contributed by atoms with Gasteiger partial charge in [-0.25, -0.2) is 0 Å². The molecule has 102 valence electrons. The lowest BCUT2D eigenvalue weighted by Gasteiger charge is -2.08. The van der Waals surface area contributed by atoms with Gasteiger partial charge in [0.15, 0.2) is 0 Å². The molecule has 1 aromatic carbocycles. The minimum Gasteiger partial charge on any atom is -0.321 e. The largest absolute Gasteiger partial charge is 0.321 e. The highest BCUT2D eigenvalue weighted by molar-refractivity contribution is 7.12. The zero-order valence-corrected chi connectivity index (χ0v) is 12.4. The molecule has 0 unspecified atom stereocenters. The van der Waals surface area contributed by atoms with Gasteiger partial charge >= 0.3 is 0 Å². The minimum atomic E-state index is -0.188. The van der Waals surface area contributed by atoms with Crippen molar-refractivity contribution < 1.29 is 4.79 Å². The number of amides is 1. The molecule has 2 aromatic rings. The van der Waals surface area contributed by atoms with Crippen molar-refractivity contribution >= 4 is 34.5 Å². The summed E-state index contributed by atoms with van der Waals surface area (Å²) < 4.78 is 0. The lowest BCUT2D eigenvalue weighted by atomic mass is 10.2. The Labute approximate surface area is 126 Å². The maximum absolute atomic E-state index is 12.3. The van der Waals surface area contributed by atoms with Gasteiger partial charge in [0.05, 0.1) is 6.54 Å². The van der Waals surface area contributed by atoms with E-state index in [0.717, 1.165) is 5.56 Å². The van der Waals surface area contributed by atoms with Gasteiger partial charge in [-0.2, -0.15) is 0 Å². The van der Waals surface area contributed by atoms with Crippen LogP contribution in [0.15, 0.2) is 29.6 Å². The first-order valence-corrected chi connectivity index (χ1v) is 7.22. The third-order valence-electron chi connectivity index (χ3n) is 2.71. The van der Waals surface area contributed by atoms with Crippen molar-refractivity contribution in [1.82, 2.24) is 0 Å². The second-order valence-corrected chi connectivity index (χ2v) is 5.36. The van der Waals surface area contributed by atoms with Crippen molar-refractivity contribution in [1.29, 1.82) is 0 Å². The number of rotatable bonds is 2. The topological polar surface area (TPSA) is 55.1 Å². The third-order valence-corrected chi connectivity index (χ3v) is 4.04. The Morgan fingerprint density at radius 2 is 2.25 bits per heavy atom. The number of benzene rings is 1. The molecular formula is C15H13ClN2OS. The molecule has 0 aliphatic carbocycles. The van der Waals surface area contributed by atoms with Crippen molar-refractivity contribution in [2.45, 2.75) is 6.92 Å². The summed E-state index contributed by atoms with van der Waals surface area (Å²) in [5.41, 5.74) is 7.58. The molecule has 3 nitrogen and oxygen atoms in total. The average Bonchev–Trinajstić information content (AvgIpc) is 2.90. The number of halogens is 1. The first-order chi connectivity index (χ1) is 9.63. The fourth-order valence-electron chi connectivity index (χ4n) is 1.65. The van der Waals surface area contributed by atoms with E-state index in [0.29, 0.717) is 21.2 Å². The molecule has 3 N–H and O–H groups in total. The van der Waals surface area contributed by atoms with Gasteiger partial charge in [0.1, 0.15) is 4.88 Å². The van der Waals surface area contributed by atoms with Crippen molar-refractivity contribution in [3.8, 4) is 11.8 Å². The summed E-state index contributed by atoms with van der Waals surface area (Å²) in [5, 5.41) is 5.31. The Morgan fingerprint density at radius 3 is 3.00 bits per heavy atom. The van der Waals surface area contributed by atoms with Gasteiger partial charge in [0, 0.05) is 16.3 Å². The number of carbonyl (C=O) groups excluding carboxylic acids is 1. The number of carbonyl (C=O) groups is 1. The lowest BCUT2D eigenvalue weighted by molar-refractivity contribution is 0.103. The predicted octanol–water partition coefficient (Wildman–Crippen LogP) is 3.27. The number of thiophene rings is 1. The van der Waals surface area contributed by atoms with Gasteiger partial charge in [-0.05, 0) is 36.1 Å². The summed E-state index contributed by atoms with van der Waals surface area (Å²) >= 11 is 7.39. The normalized spacial score (nSPS) is 9.75. The maximum atomic E-state index is 12.3. The van der Waals surface area contributed by atoms with E-state index < -0.39 is 0 Å². The molecule has 0 saturated heterocycles. The van der Waals surface area contributed by atoms with Crippen LogP contribution in [0.25, 0.3) is 0 Å². The Kier molecular flexibility index (Phi) is 4.80. The third kappa shape index (κ3) is 3.20. The van der Waals surface area contributed by atoms with E-state index in [1.807, 2.05) is 24.4 Å². The number of nitrogens with one attached hydrogen (secondary N) is 1. The van der Waals surface area contributed by atoms with Crippen LogP contribution in [0.1, 0.15) is 20.8 Å². The van der Waals surface area contributed by atoms with Crippen LogP contribution in [0, 0.1) is 18.8 Å². The Balaban J connectivity index is 2.25. The fraction of sp³-hybridized carbons (Fsp3) is 0.133. The zero-order valence-electron chi connectivity index (χ0n) is 10.9. The summed E-state index contributed by atoms with van der Waals surface area (Å²) in [5.74, 6) is 5.46. The van der Waals surface area contributed by atoms with E-state index in [1.54, 1.807) is 12.1 Å². The van der Waals surface area contributed by atoms with Gasteiger partial charge < -0.3 is 11.1 Å². The quantitative estimate of drug-likeness (QED) is 0.837. The molecule has 5 heteroatoms. The standard InChI is InChI=1S/C15H13ClN2OS/c1-10-12(16)5-2-6-13(10)18-15(19)14-11(4-3-8-17)7-9-20-14/h2,5-7,9H,8,17H2,1H3,(H,18,19). The van der Waals surface area contributed by atoms with Crippen molar-refractivity contribution in [2.75, 3.05) is 11.9 Å². The van der Waals surface area contributed by atoms with Gasteiger partial charge in [-0.15, -0.1) is 11.3 Å². The Morgan fingerprint density at radius 1 is 1.45 bits per heavy atom. The second kappa shape index (κ2) is 6.58. The maximum Gasteiger partial charge on any atom is 0.267 e. The van der Waals surface area contributed by atoms with Crippen LogP contribution in [0.5, 0.6) is 0 Å². The lowest BCUT2D eigenvalue weighted by Crippen LogP contribution is -2.12. The molecular weight excluding hydrogens is 292 g/mol. The SMILES string of the molecule is Cc1c(Cl)cccc1NC(=O)c1sccc1C#CCN. The molecule has 1 aromatic heterocycles. The fourth-order valence-corrected chi connectivity index (χ4v) is 2.57. The number of hydrogen-bond acceptors (Lipinski definition) is 3.